The molecule has 1 aliphatic rings. The molecule has 2 aromatic rings. The largest absolute Gasteiger partial charge is 0.327 e. The van der Waals surface area contributed by atoms with Crippen molar-refractivity contribution in [3.05, 3.63) is 63.5 Å². The highest BCUT2D eigenvalue weighted by Gasteiger charge is 2.32. The van der Waals surface area contributed by atoms with E-state index in [0.29, 0.717) is 5.02 Å². The van der Waals surface area contributed by atoms with Crippen LogP contribution >= 0.6 is 11.6 Å². The second kappa shape index (κ2) is 6.46. The number of hydrazine groups is 1. The van der Waals surface area contributed by atoms with Crippen molar-refractivity contribution >= 4 is 23.2 Å². The van der Waals surface area contributed by atoms with Crippen molar-refractivity contribution in [2.24, 2.45) is 0 Å². The standard InChI is InChI=1S/C17H18ClN3O2/c1-12-6-5-9-20(14-7-3-2-4-8-14)21(12)17(23)15-10-13(18)11-19-16(15)22/h2-4,7-8,10-12H,5-6,9H2,1H3,(H,19,22). The average molecular weight is 332 g/mol. The van der Waals surface area contributed by atoms with Crippen LogP contribution in [-0.2, 0) is 0 Å². The fraction of sp³-hybridized carbons (Fsp3) is 0.294. The van der Waals surface area contributed by atoms with Crippen molar-refractivity contribution in [2.75, 3.05) is 11.6 Å². The molecule has 6 heteroatoms. The van der Waals surface area contributed by atoms with E-state index in [1.165, 1.54) is 12.3 Å². The molecule has 1 aliphatic heterocycles. The van der Waals surface area contributed by atoms with Gasteiger partial charge in [0.25, 0.3) is 11.5 Å². The summed E-state index contributed by atoms with van der Waals surface area (Å²) in [6.07, 6.45) is 3.27. The van der Waals surface area contributed by atoms with E-state index < -0.39 is 5.56 Å². The number of aromatic nitrogens is 1. The Morgan fingerprint density at radius 2 is 2.04 bits per heavy atom. The lowest BCUT2D eigenvalue weighted by Crippen LogP contribution is -2.55. The Morgan fingerprint density at radius 3 is 2.78 bits per heavy atom. The lowest BCUT2D eigenvalue weighted by molar-refractivity contribution is 0.0606. The van der Waals surface area contributed by atoms with Crippen LogP contribution in [-0.4, -0.2) is 28.5 Å². The highest BCUT2D eigenvalue weighted by atomic mass is 35.5. The van der Waals surface area contributed by atoms with Gasteiger partial charge in [0.1, 0.15) is 5.56 Å². The summed E-state index contributed by atoms with van der Waals surface area (Å²) in [7, 11) is 0. The number of carbonyl (C=O) groups excluding carboxylic acids is 1. The topological polar surface area (TPSA) is 56.4 Å². The van der Waals surface area contributed by atoms with E-state index in [-0.39, 0.29) is 17.5 Å². The number of aromatic amines is 1. The lowest BCUT2D eigenvalue weighted by atomic mass is 10.1. The van der Waals surface area contributed by atoms with Crippen LogP contribution in [0, 0.1) is 0 Å². The Morgan fingerprint density at radius 1 is 1.30 bits per heavy atom. The fourth-order valence-corrected chi connectivity index (χ4v) is 3.07. The number of amides is 1. The SMILES string of the molecule is CC1CCCN(c2ccccc2)N1C(=O)c1cc(Cl)c[nH]c1=O. The Bertz CT molecular complexity index is 760. The number of benzene rings is 1. The summed E-state index contributed by atoms with van der Waals surface area (Å²) in [4.78, 5) is 27.5. The Labute approximate surface area is 139 Å². The second-order valence-electron chi connectivity index (χ2n) is 5.66. The molecule has 0 spiro atoms. The molecule has 0 saturated carbocycles. The summed E-state index contributed by atoms with van der Waals surface area (Å²) < 4.78 is 0. The molecule has 1 N–H and O–H groups in total. The van der Waals surface area contributed by atoms with Gasteiger partial charge < -0.3 is 4.98 Å². The summed E-state index contributed by atoms with van der Waals surface area (Å²) in [5.41, 5.74) is 0.572. The molecule has 1 amide bonds. The number of anilines is 1. The number of nitrogens with zero attached hydrogens (tertiary/aromatic N) is 2. The van der Waals surface area contributed by atoms with Crippen molar-refractivity contribution in [3.63, 3.8) is 0 Å². The van der Waals surface area contributed by atoms with Gasteiger partial charge in [-0.15, -0.1) is 0 Å². The first-order valence-electron chi connectivity index (χ1n) is 7.62. The second-order valence-corrected chi connectivity index (χ2v) is 6.10. The van der Waals surface area contributed by atoms with Gasteiger partial charge in [-0.2, -0.15) is 0 Å². The summed E-state index contributed by atoms with van der Waals surface area (Å²) in [6, 6.07) is 11.2. The summed E-state index contributed by atoms with van der Waals surface area (Å²) in [5.74, 6) is -0.329. The molecule has 5 nitrogen and oxygen atoms in total. The van der Waals surface area contributed by atoms with Crippen LogP contribution < -0.4 is 10.6 Å². The summed E-state index contributed by atoms with van der Waals surface area (Å²) in [6.45, 7) is 2.73. The maximum Gasteiger partial charge on any atom is 0.278 e. The number of halogens is 1. The van der Waals surface area contributed by atoms with E-state index in [1.54, 1.807) is 5.01 Å². The fourth-order valence-electron chi connectivity index (χ4n) is 2.91. The number of para-hydroxylation sites is 1. The van der Waals surface area contributed by atoms with Gasteiger partial charge in [-0.05, 0) is 38.0 Å². The van der Waals surface area contributed by atoms with Crippen LogP contribution in [0.15, 0.2) is 47.4 Å². The zero-order chi connectivity index (χ0) is 16.4. The number of rotatable bonds is 2. The maximum atomic E-state index is 13.0. The van der Waals surface area contributed by atoms with Crippen LogP contribution in [0.4, 0.5) is 5.69 Å². The van der Waals surface area contributed by atoms with E-state index in [9.17, 15) is 9.59 Å². The van der Waals surface area contributed by atoms with Crippen LogP contribution in [0.1, 0.15) is 30.1 Å². The Kier molecular flexibility index (Phi) is 4.39. The van der Waals surface area contributed by atoms with E-state index in [1.807, 2.05) is 42.3 Å². The molecule has 1 fully saturated rings. The number of H-pyrrole nitrogens is 1. The van der Waals surface area contributed by atoms with Crippen molar-refractivity contribution in [2.45, 2.75) is 25.8 Å². The number of carbonyl (C=O) groups is 1. The molecule has 0 bridgehead atoms. The van der Waals surface area contributed by atoms with Gasteiger partial charge in [0.05, 0.1) is 16.8 Å². The third-order valence-electron chi connectivity index (χ3n) is 4.03. The van der Waals surface area contributed by atoms with E-state index in [2.05, 4.69) is 4.98 Å². The predicted molar refractivity (Wildman–Crippen MR) is 90.7 cm³/mol. The molecule has 120 valence electrons. The molecule has 1 saturated heterocycles. The zero-order valence-electron chi connectivity index (χ0n) is 12.8. The molecule has 0 aliphatic carbocycles. The lowest BCUT2D eigenvalue weighted by Gasteiger charge is -2.44. The third-order valence-corrected chi connectivity index (χ3v) is 4.25. The van der Waals surface area contributed by atoms with Crippen LogP contribution in [0.2, 0.25) is 5.02 Å². The first-order chi connectivity index (χ1) is 11.1. The number of hydrogen-bond donors (Lipinski definition) is 1. The van der Waals surface area contributed by atoms with Crippen molar-refractivity contribution in [1.29, 1.82) is 0 Å². The smallest absolute Gasteiger partial charge is 0.278 e. The van der Waals surface area contributed by atoms with Gasteiger partial charge in [0.15, 0.2) is 0 Å². The van der Waals surface area contributed by atoms with Gasteiger partial charge in [0, 0.05) is 12.7 Å². The van der Waals surface area contributed by atoms with E-state index in [4.69, 9.17) is 11.6 Å². The summed E-state index contributed by atoms with van der Waals surface area (Å²) in [5, 5.41) is 3.94. The first kappa shape index (κ1) is 15.6. The van der Waals surface area contributed by atoms with Gasteiger partial charge >= 0.3 is 0 Å². The molecule has 23 heavy (non-hydrogen) atoms. The normalized spacial score (nSPS) is 18.1. The van der Waals surface area contributed by atoms with Gasteiger partial charge in [0.2, 0.25) is 0 Å². The van der Waals surface area contributed by atoms with Crippen LogP contribution in [0.5, 0.6) is 0 Å². The maximum absolute atomic E-state index is 13.0. The number of nitrogens with one attached hydrogen (secondary N) is 1. The molecule has 1 unspecified atom stereocenters. The summed E-state index contributed by atoms with van der Waals surface area (Å²) >= 11 is 5.94. The van der Waals surface area contributed by atoms with Crippen molar-refractivity contribution < 1.29 is 4.79 Å². The van der Waals surface area contributed by atoms with Gasteiger partial charge in [-0.3, -0.25) is 14.6 Å². The number of pyridine rings is 1. The Balaban J connectivity index is 2.01. The first-order valence-corrected chi connectivity index (χ1v) is 8.00. The van der Waals surface area contributed by atoms with E-state index in [0.717, 1.165) is 25.1 Å². The number of hydrogen-bond acceptors (Lipinski definition) is 3. The molecular weight excluding hydrogens is 314 g/mol. The monoisotopic (exact) mass is 331 g/mol. The minimum absolute atomic E-state index is 0.00911. The molecule has 0 radical (unpaired) electrons. The molecule has 1 atom stereocenters. The minimum atomic E-state index is -0.426. The van der Waals surface area contributed by atoms with Gasteiger partial charge in [-0.1, -0.05) is 29.8 Å². The highest BCUT2D eigenvalue weighted by molar-refractivity contribution is 6.30. The Hall–Kier alpha value is -2.27. The average Bonchev–Trinajstić information content (AvgIpc) is 2.57. The predicted octanol–water partition coefficient (Wildman–Crippen LogP) is 3.07. The molecule has 1 aromatic carbocycles. The molecule has 2 heterocycles. The zero-order valence-corrected chi connectivity index (χ0v) is 13.6. The molecule has 3 rings (SSSR count). The van der Waals surface area contributed by atoms with Crippen LogP contribution in [0.3, 0.4) is 0 Å². The minimum Gasteiger partial charge on any atom is -0.327 e. The third kappa shape index (κ3) is 3.10. The van der Waals surface area contributed by atoms with Gasteiger partial charge in [-0.25, -0.2) is 5.01 Å². The molecular formula is C17H18ClN3O2. The quantitative estimate of drug-likeness (QED) is 0.920. The van der Waals surface area contributed by atoms with Crippen LogP contribution in [0.25, 0.3) is 0 Å². The van der Waals surface area contributed by atoms with Crippen molar-refractivity contribution in [3.8, 4) is 0 Å². The van der Waals surface area contributed by atoms with Crippen molar-refractivity contribution in [1.82, 2.24) is 9.99 Å². The molecule has 1 aromatic heterocycles. The highest BCUT2D eigenvalue weighted by Crippen LogP contribution is 2.26. The van der Waals surface area contributed by atoms with E-state index >= 15 is 0 Å².